The molecule has 25 heavy (non-hydrogen) atoms. The van der Waals surface area contributed by atoms with Gasteiger partial charge in [-0.05, 0) is 37.1 Å². The molecule has 1 amide bonds. The highest BCUT2D eigenvalue weighted by Gasteiger charge is 2.27. The Morgan fingerprint density at radius 2 is 2.12 bits per heavy atom. The molecule has 128 valence electrons. The molecular formula is C19H21N5O. The molecule has 1 aliphatic heterocycles. The molecule has 3 aromatic rings. The summed E-state index contributed by atoms with van der Waals surface area (Å²) in [4.78, 5) is 27.0. The number of hydrogen-bond donors (Lipinski definition) is 2. The Kier molecular flexibility index (Phi) is 4.33. The lowest BCUT2D eigenvalue weighted by Gasteiger charge is -2.31. The first-order chi connectivity index (χ1) is 12.3. The minimum absolute atomic E-state index is 0.0225. The number of carbonyl (C=O) groups excluding carboxylic acids is 1. The van der Waals surface area contributed by atoms with Crippen LogP contribution in [0.3, 0.4) is 0 Å². The second-order valence-electron chi connectivity index (χ2n) is 6.40. The number of rotatable bonds is 4. The van der Waals surface area contributed by atoms with Gasteiger partial charge in [0.25, 0.3) is 0 Å². The van der Waals surface area contributed by atoms with E-state index in [0.717, 1.165) is 42.1 Å². The minimum Gasteiger partial charge on any atom is -0.350 e. The number of carbonyl (C=O) groups is 1. The van der Waals surface area contributed by atoms with E-state index in [1.807, 2.05) is 42.5 Å². The van der Waals surface area contributed by atoms with Gasteiger partial charge in [0.2, 0.25) is 11.9 Å². The van der Waals surface area contributed by atoms with Crippen LogP contribution in [0.25, 0.3) is 11.0 Å². The lowest BCUT2D eigenvalue weighted by molar-refractivity contribution is -0.125. The number of piperidine rings is 1. The maximum Gasteiger partial charge on any atom is 0.225 e. The number of nitrogens with one attached hydrogen (secondary N) is 2. The molecule has 1 aromatic carbocycles. The maximum atomic E-state index is 12.5. The summed E-state index contributed by atoms with van der Waals surface area (Å²) in [6.45, 7) is 2.08. The Balaban J connectivity index is 1.41. The zero-order valence-corrected chi connectivity index (χ0v) is 14.0. The topological polar surface area (TPSA) is 73.9 Å². The number of para-hydroxylation sites is 2. The molecule has 2 aromatic heterocycles. The minimum atomic E-state index is -0.0225. The number of pyridine rings is 1. The quantitative estimate of drug-likeness (QED) is 0.768. The number of hydrogen-bond acceptors (Lipinski definition) is 4. The van der Waals surface area contributed by atoms with Gasteiger partial charge in [-0.2, -0.15) is 0 Å². The average molecular weight is 335 g/mol. The van der Waals surface area contributed by atoms with E-state index in [9.17, 15) is 4.79 Å². The van der Waals surface area contributed by atoms with Crippen LogP contribution >= 0.6 is 0 Å². The number of H-pyrrole nitrogens is 1. The second-order valence-corrected chi connectivity index (χ2v) is 6.40. The summed E-state index contributed by atoms with van der Waals surface area (Å²) in [5.74, 6) is 0.917. The number of fused-ring (bicyclic) bond motifs is 1. The number of nitrogens with zero attached hydrogens (tertiary/aromatic N) is 3. The zero-order chi connectivity index (χ0) is 17.1. The van der Waals surface area contributed by atoms with Crippen molar-refractivity contribution in [1.29, 1.82) is 0 Å². The van der Waals surface area contributed by atoms with Crippen LogP contribution in [-0.2, 0) is 11.3 Å². The maximum absolute atomic E-state index is 12.5. The van der Waals surface area contributed by atoms with Gasteiger partial charge < -0.3 is 15.2 Å². The van der Waals surface area contributed by atoms with E-state index in [1.54, 1.807) is 6.20 Å². The zero-order valence-electron chi connectivity index (χ0n) is 14.0. The Hall–Kier alpha value is -2.89. The molecule has 1 fully saturated rings. The lowest BCUT2D eigenvalue weighted by atomic mass is 9.97. The fourth-order valence-corrected chi connectivity index (χ4v) is 3.30. The van der Waals surface area contributed by atoms with E-state index in [0.29, 0.717) is 13.1 Å². The molecular weight excluding hydrogens is 314 g/mol. The van der Waals surface area contributed by atoms with Crippen LogP contribution in [0.4, 0.5) is 5.95 Å². The fraction of sp³-hybridized carbons (Fsp3) is 0.316. The summed E-state index contributed by atoms with van der Waals surface area (Å²) in [6, 6.07) is 13.7. The van der Waals surface area contributed by atoms with Gasteiger partial charge in [0.15, 0.2) is 0 Å². The fourth-order valence-electron chi connectivity index (χ4n) is 3.30. The summed E-state index contributed by atoms with van der Waals surface area (Å²) in [5, 5.41) is 3.01. The van der Waals surface area contributed by atoms with Crippen LogP contribution in [-0.4, -0.2) is 33.9 Å². The number of aromatic nitrogens is 3. The van der Waals surface area contributed by atoms with Crippen molar-refractivity contribution >= 4 is 22.9 Å². The Morgan fingerprint density at radius 1 is 1.24 bits per heavy atom. The van der Waals surface area contributed by atoms with Crippen molar-refractivity contribution in [2.45, 2.75) is 19.4 Å². The molecule has 0 bridgehead atoms. The Morgan fingerprint density at radius 3 is 2.96 bits per heavy atom. The first-order valence-corrected chi connectivity index (χ1v) is 8.67. The molecule has 3 heterocycles. The standard InChI is InChI=1S/C19H21N5O/c25-18(21-12-15-7-3-4-10-20-15)14-6-5-11-24(13-14)19-22-16-8-1-2-9-17(16)23-19/h1-4,7-10,14H,5-6,11-13H2,(H,21,25)(H,22,23). The van der Waals surface area contributed by atoms with Crippen molar-refractivity contribution < 1.29 is 4.79 Å². The molecule has 1 aliphatic rings. The molecule has 0 saturated carbocycles. The van der Waals surface area contributed by atoms with Gasteiger partial charge in [0, 0.05) is 19.3 Å². The highest BCUT2D eigenvalue weighted by Crippen LogP contribution is 2.23. The third kappa shape index (κ3) is 3.47. The molecule has 1 unspecified atom stereocenters. The summed E-state index contributed by atoms with van der Waals surface area (Å²) in [6.07, 6.45) is 3.63. The predicted octanol–water partition coefficient (Wildman–Crippen LogP) is 2.49. The van der Waals surface area contributed by atoms with E-state index in [4.69, 9.17) is 0 Å². The number of anilines is 1. The molecule has 2 N–H and O–H groups in total. The van der Waals surface area contributed by atoms with Crippen molar-refractivity contribution in [3.8, 4) is 0 Å². The summed E-state index contributed by atoms with van der Waals surface area (Å²) >= 11 is 0. The SMILES string of the molecule is O=C(NCc1ccccn1)C1CCCN(c2nc3ccccc3[nH]2)C1. The van der Waals surface area contributed by atoms with Gasteiger partial charge in [0.05, 0.1) is 29.2 Å². The molecule has 6 nitrogen and oxygen atoms in total. The lowest BCUT2D eigenvalue weighted by Crippen LogP contribution is -2.43. The van der Waals surface area contributed by atoms with Crippen LogP contribution < -0.4 is 10.2 Å². The first kappa shape index (κ1) is 15.6. The highest BCUT2D eigenvalue weighted by molar-refractivity contribution is 5.80. The first-order valence-electron chi connectivity index (χ1n) is 8.67. The average Bonchev–Trinajstić information content (AvgIpc) is 3.11. The number of aromatic amines is 1. The number of amides is 1. The van der Waals surface area contributed by atoms with Crippen LogP contribution in [0.1, 0.15) is 18.5 Å². The van der Waals surface area contributed by atoms with Gasteiger partial charge in [-0.25, -0.2) is 4.98 Å². The van der Waals surface area contributed by atoms with Crippen molar-refractivity contribution in [3.63, 3.8) is 0 Å². The second kappa shape index (κ2) is 6.93. The molecule has 1 atom stereocenters. The smallest absolute Gasteiger partial charge is 0.225 e. The van der Waals surface area contributed by atoms with Gasteiger partial charge in [-0.1, -0.05) is 18.2 Å². The van der Waals surface area contributed by atoms with E-state index in [2.05, 4.69) is 25.2 Å². The van der Waals surface area contributed by atoms with Crippen LogP contribution in [0, 0.1) is 5.92 Å². The Bertz CT molecular complexity index is 827. The predicted molar refractivity (Wildman–Crippen MR) is 97.1 cm³/mol. The third-order valence-corrected chi connectivity index (χ3v) is 4.64. The number of benzene rings is 1. The van der Waals surface area contributed by atoms with E-state index in [-0.39, 0.29) is 11.8 Å². The molecule has 4 rings (SSSR count). The molecule has 6 heteroatoms. The van der Waals surface area contributed by atoms with Crippen molar-refractivity contribution in [3.05, 3.63) is 54.4 Å². The van der Waals surface area contributed by atoms with Gasteiger partial charge in [-0.3, -0.25) is 9.78 Å². The van der Waals surface area contributed by atoms with Gasteiger partial charge in [0.1, 0.15) is 0 Å². The summed E-state index contributed by atoms with van der Waals surface area (Å²) in [5.41, 5.74) is 2.86. The monoisotopic (exact) mass is 335 g/mol. The third-order valence-electron chi connectivity index (χ3n) is 4.64. The van der Waals surface area contributed by atoms with Crippen molar-refractivity contribution in [2.75, 3.05) is 18.0 Å². The van der Waals surface area contributed by atoms with Gasteiger partial charge >= 0.3 is 0 Å². The number of imidazole rings is 1. The molecule has 0 radical (unpaired) electrons. The largest absolute Gasteiger partial charge is 0.350 e. The van der Waals surface area contributed by atoms with Crippen molar-refractivity contribution in [2.24, 2.45) is 5.92 Å². The van der Waals surface area contributed by atoms with Crippen molar-refractivity contribution in [1.82, 2.24) is 20.3 Å². The molecule has 0 aliphatic carbocycles. The summed E-state index contributed by atoms with van der Waals surface area (Å²) < 4.78 is 0. The van der Waals surface area contributed by atoms with Gasteiger partial charge in [-0.15, -0.1) is 0 Å². The Labute approximate surface area is 146 Å². The van der Waals surface area contributed by atoms with Crippen LogP contribution in [0.15, 0.2) is 48.7 Å². The summed E-state index contributed by atoms with van der Waals surface area (Å²) in [7, 11) is 0. The normalized spacial score (nSPS) is 17.6. The van der Waals surface area contributed by atoms with Crippen LogP contribution in [0.5, 0.6) is 0 Å². The highest BCUT2D eigenvalue weighted by atomic mass is 16.1. The van der Waals surface area contributed by atoms with E-state index in [1.165, 1.54) is 0 Å². The van der Waals surface area contributed by atoms with E-state index >= 15 is 0 Å². The van der Waals surface area contributed by atoms with Crippen LogP contribution in [0.2, 0.25) is 0 Å². The van der Waals surface area contributed by atoms with E-state index < -0.39 is 0 Å². The molecule has 1 saturated heterocycles. The molecule has 0 spiro atoms.